The molecule has 0 aliphatic carbocycles. The van der Waals surface area contributed by atoms with Gasteiger partial charge < -0.3 is 15.4 Å². The Morgan fingerprint density at radius 3 is 2.81 bits per heavy atom. The van der Waals surface area contributed by atoms with Gasteiger partial charge in [0, 0.05) is 19.0 Å². The zero-order chi connectivity index (χ0) is 12.2. The molecule has 0 aromatic carbocycles. The van der Waals surface area contributed by atoms with Crippen LogP contribution >= 0.6 is 0 Å². The van der Waals surface area contributed by atoms with Gasteiger partial charge >= 0.3 is 0 Å². The van der Waals surface area contributed by atoms with Crippen molar-refractivity contribution in [2.24, 2.45) is 0 Å². The Balaban J connectivity index is 2.74. The van der Waals surface area contributed by atoms with Gasteiger partial charge in [-0.15, -0.1) is 0 Å². The first kappa shape index (κ1) is 12.7. The van der Waals surface area contributed by atoms with E-state index in [1.165, 1.54) is 6.07 Å². The summed E-state index contributed by atoms with van der Waals surface area (Å²) in [5.74, 6) is 1.15. The first-order valence-electron chi connectivity index (χ1n) is 5.53. The minimum absolute atomic E-state index is 0.175. The summed E-state index contributed by atoms with van der Waals surface area (Å²) in [5.41, 5.74) is -0.957. The minimum atomic E-state index is -0.781. The Labute approximate surface area is 94.9 Å². The van der Waals surface area contributed by atoms with E-state index < -0.39 is 5.60 Å². The summed E-state index contributed by atoms with van der Waals surface area (Å²) in [7, 11) is 0. The van der Waals surface area contributed by atoms with Gasteiger partial charge in [0.15, 0.2) is 0 Å². The standard InChI is InChI=1S/C11H19N3O2/c1-4-8-13-9(6-10(15)14-8)12-7-11(3,16)5-2/h6,16H,4-5,7H2,1-3H3,(H2,12,13,14,15). The van der Waals surface area contributed by atoms with Gasteiger partial charge in [0.2, 0.25) is 0 Å². The third-order valence-corrected chi connectivity index (χ3v) is 2.54. The molecule has 5 heteroatoms. The molecule has 0 radical (unpaired) electrons. The predicted octanol–water partition coefficient (Wildman–Crippen LogP) is 0.905. The van der Waals surface area contributed by atoms with Gasteiger partial charge in [-0.3, -0.25) is 4.79 Å². The van der Waals surface area contributed by atoms with E-state index in [-0.39, 0.29) is 5.56 Å². The topological polar surface area (TPSA) is 78.0 Å². The third-order valence-electron chi connectivity index (χ3n) is 2.54. The molecule has 5 nitrogen and oxygen atoms in total. The van der Waals surface area contributed by atoms with Crippen LogP contribution in [-0.2, 0) is 6.42 Å². The molecule has 16 heavy (non-hydrogen) atoms. The maximum absolute atomic E-state index is 11.3. The molecule has 0 aliphatic rings. The molecule has 90 valence electrons. The number of H-pyrrole nitrogens is 1. The number of hydrogen-bond donors (Lipinski definition) is 3. The van der Waals surface area contributed by atoms with Crippen LogP contribution in [0.5, 0.6) is 0 Å². The van der Waals surface area contributed by atoms with Crippen molar-refractivity contribution in [1.82, 2.24) is 9.97 Å². The first-order valence-corrected chi connectivity index (χ1v) is 5.53. The van der Waals surface area contributed by atoms with Gasteiger partial charge in [0.1, 0.15) is 11.6 Å². The molecule has 0 bridgehead atoms. The summed E-state index contributed by atoms with van der Waals surface area (Å²) in [6.45, 7) is 5.95. The van der Waals surface area contributed by atoms with Gasteiger partial charge in [-0.25, -0.2) is 4.98 Å². The second-order valence-corrected chi connectivity index (χ2v) is 4.13. The highest BCUT2D eigenvalue weighted by Gasteiger charge is 2.17. The van der Waals surface area contributed by atoms with Gasteiger partial charge in [0.05, 0.1) is 5.60 Å². The van der Waals surface area contributed by atoms with E-state index in [1.807, 2.05) is 13.8 Å². The normalized spacial score (nSPS) is 14.5. The second-order valence-electron chi connectivity index (χ2n) is 4.13. The van der Waals surface area contributed by atoms with Crippen LogP contribution in [0.3, 0.4) is 0 Å². The maximum atomic E-state index is 11.3. The number of rotatable bonds is 5. The second kappa shape index (κ2) is 5.12. The summed E-state index contributed by atoms with van der Waals surface area (Å²) in [6, 6.07) is 1.39. The molecule has 1 rings (SSSR count). The molecule has 1 atom stereocenters. The number of nitrogens with one attached hydrogen (secondary N) is 2. The van der Waals surface area contributed by atoms with Crippen molar-refractivity contribution >= 4 is 5.82 Å². The highest BCUT2D eigenvalue weighted by molar-refractivity contribution is 5.33. The fourth-order valence-electron chi connectivity index (χ4n) is 1.17. The number of aryl methyl sites for hydroxylation is 1. The first-order chi connectivity index (χ1) is 7.46. The lowest BCUT2D eigenvalue weighted by Crippen LogP contribution is -2.33. The summed E-state index contributed by atoms with van der Waals surface area (Å²) in [4.78, 5) is 18.1. The molecular formula is C11H19N3O2. The van der Waals surface area contributed by atoms with Crippen LogP contribution in [-0.4, -0.2) is 27.2 Å². The van der Waals surface area contributed by atoms with Crippen LogP contribution < -0.4 is 10.9 Å². The van der Waals surface area contributed by atoms with Crippen molar-refractivity contribution < 1.29 is 5.11 Å². The van der Waals surface area contributed by atoms with Crippen molar-refractivity contribution in [3.05, 3.63) is 22.2 Å². The molecule has 1 heterocycles. The molecule has 1 unspecified atom stereocenters. The molecule has 3 N–H and O–H groups in total. The average molecular weight is 225 g/mol. The van der Waals surface area contributed by atoms with Crippen LogP contribution in [0.15, 0.2) is 10.9 Å². The molecule has 0 fully saturated rings. The van der Waals surface area contributed by atoms with E-state index >= 15 is 0 Å². The Kier molecular flexibility index (Phi) is 4.06. The van der Waals surface area contributed by atoms with E-state index in [1.54, 1.807) is 6.92 Å². The van der Waals surface area contributed by atoms with Crippen molar-refractivity contribution in [3.8, 4) is 0 Å². The van der Waals surface area contributed by atoms with Crippen LogP contribution in [0.4, 0.5) is 5.82 Å². The molecule has 1 aromatic rings. The highest BCUT2D eigenvalue weighted by atomic mass is 16.3. The number of aromatic nitrogens is 2. The van der Waals surface area contributed by atoms with E-state index in [0.717, 1.165) is 0 Å². The van der Waals surface area contributed by atoms with Crippen LogP contribution in [0.2, 0.25) is 0 Å². The molecule has 0 saturated heterocycles. The monoisotopic (exact) mass is 225 g/mol. The molecule has 1 aromatic heterocycles. The maximum Gasteiger partial charge on any atom is 0.252 e. The number of anilines is 1. The molecular weight excluding hydrogens is 206 g/mol. The molecule has 0 amide bonds. The molecule has 0 aliphatic heterocycles. The van der Waals surface area contributed by atoms with Crippen molar-refractivity contribution in [1.29, 1.82) is 0 Å². The number of nitrogens with zero attached hydrogens (tertiary/aromatic N) is 1. The SMILES string of the molecule is CCc1nc(NCC(C)(O)CC)cc(=O)[nH]1. The lowest BCUT2D eigenvalue weighted by Gasteiger charge is -2.21. The highest BCUT2D eigenvalue weighted by Crippen LogP contribution is 2.09. The van der Waals surface area contributed by atoms with Crippen molar-refractivity contribution in [3.63, 3.8) is 0 Å². The zero-order valence-electron chi connectivity index (χ0n) is 10.0. The summed E-state index contributed by atoms with van der Waals surface area (Å²) < 4.78 is 0. The van der Waals surface area contributed by atoms with Gasteiger partial charge in [0.25, 0.3) is 5.56 Å². The summed E-state index contributed by atoms with van der Waals surface area (Å²) >= 11 is 0. The molecule has 0 spiro atoms. The fourth-order valence-corrected chi connectivity index (χ4v) is 1.17. The lowest BCUT2D eigenvalue weighted by atomic mass is 10.0. The molecule has 0 saturated carbocycles. The summed E-state index contributed by atoms with van der Waals surface area (Å²) in [6.07, 6.45) is 1.32. The van der Waals surface area contributed by atoms with Crippen LogP contribution in [0, 0.1) is 0 Å². The third kappa shape index (κ3) is 3.66. The Hall–Kier alpha value is -1.36. The van der Waals surface area contributed by atoms with Crippen LogP contribution in [0.1, 0.15) is 33.0 Å². The van der Waals surface area contributed by atoms with Crippen molar-refractivity contribution in [2.45, 2.75) is 39.2 Å². The quantitative estimate of drug-likeness (QED) is 0.696. The lowest BCUT2D eigenvalue weighted by molar-refractivity contribution is 0.0696. The van der Waals surface area contributed by atoms with Gasteiger partial charge in [-0.2, -0.15) is 0 Å². The zero-order valence-corrected chi connectivity index (χ0v) is 10.0. The minimum Gasteiger partial charge on any atom is -0.388 e. The summed E-state index contributed by atoms with van der Waals surface area (Å²) in [5, 5.41) is 12.8. The smallest absolute Gasteiger partial charge is 0.252 e. The average Bonchev–Trinajstić information content (AvgIpc) is 2.26. The van der Waals surface area contributed by atoms with E-state index in [9.17, 15) is 9.90 Å². The Morgan fingerprint density at radius 1 is 1.56 bits per heavy atom. The van der Waals surface area contributed by atoms with E-state index in [2.05, 4.69) is 15.3 Å². The fraction of sp³-hybridized carbons (Fsp3) is 0.636. The van der Waals surface area contributed by atoms with E-state index in [0.29, 0.717) is 31.0 Å². The number of hydrogen-bond acceptors (Lipinski definition) is 4. The largest absolute Gasteiger partial charge is 0.388 e. The van der Waals surface area contributed by atoms with Crippen molar-refractivity contribution in [2.75, 3.05) is 11.9 Å². The Bertz CT molecular complexity index is 398. The van der Waals surface area contributed by atoms with E-state index in [4.69, 9.17) is 0 Å². The predicted molar refractivity (Wildman–Crippen MR) is 63.6 cm³/mol. The van der Waals surface area contributed by atoms with Crippen LogP contribution in [0.25, 0.3) is 0 Å². The Morgan fingerprint density at radius 2 is 2.25 bits per heavy atom. The number of aromatic amines is 1. The number of aliphatic hydroxyl groups is 1. The van der Waals surface area contributed by atoms with Gasteiger partial charge in [-0.1, -0.05) is 13.8 Å². The van der Waals surface area contributed by atoms with Gasteiger partial charge in [-0.05, 0) is 13.3 Å².